The number of hydrogen-bond acceptors (Lipinski definition) is 4. The van der Waals surface area contributed by atoms with Gasteiger partial charge in [-0.15, -0.1) is 0 Å². The highest BCUT2D eigenvalue weighted by molar-refractivity contribution is 5.77. The molecule has 1 atom stereocenters. The summed E-state index contributed by atoms with van der Waals surface area (Å²) >= 11 is 0. The highest BCUT2D eigenvalue weighted by Crippen LogP contribution is 2.38. The van der Waals surface area contributed by atoms with E-state index in [0.717, 1.165) is 57.7 Å². The lowest BCUT2D eigenvalue weighted by molar-refractivity contribution is -0.139. The molecule has 3 rings (SSSR count). The molecule has 1 aromatic rings. The molecule has 2 fully saturated rings. The molecule has 2 amide bonds. The molecule has 2 aliphatic rings. The van der Waals surface area contributed by atoms with Gasteiger partial charge in [0.15, 0.2) is 0 Å². The van der Waals surface area contributed by atoms with Gasteiger partial charge in [0.05, 0.1) is 0 Å². The largest absolute Gasteiger partial charge is 0.359 e. The van der Waals surface area contributed by atoms with Crippen LogP contribution >= 0.6 is 0 Å². The van der Waals surface area contributed by atoms with E-state index in [4.69, 9.17) is 0 Å². The standard InChI is InChI=1S/C20H30N4O2/c1-21-18(25)8-13-23-12-4-9-20(15-23)10-6-19(26)24(16-20)14-7-17-5-2-3-11-22-17/h2-3,5,11H,4,6-10,12-16H2,1H3,(H,21,25). The minimum atomic E-state index is 0.0976. The van der Waals surface area contributed by atoms with Crippen molar-refractivity contribution in [2.45, 2.75) is 38.5 Å². The van der Waals surface area contributed by atoms with Crippen molar-refractivity contribution < 1.29 is 9.59 Å². The van der Waals surface area contributed by atoms with Crippen LogP contribution in [0.1, 0.15) is 37.8 Å². The third-order valence-corrected chi connectivity index (χ3v) is 5.79. The summed E-state index contributed by atoms with van der Waals surface area (Å²) in [5, 5.41) is 2.70. The first-order chi connectivity index (χ1) is 12.6. The van der Waals surface area contributed by atoms with Crippen LogP contribution in [0.5, 0.6) is 0 Å². The number of carbonyl (C=O) groups is 2. The number of pyridine rings is 1. The van der Waals surface area contributed by atoms with E-state index in [1.165, 1.54) is 6.42 Å². The molecule has 26 heavy (non-hydrogen) atoms. The maximum absolute atomic E-state index is 12.4. The van der Waals surface area contributed by atoms with Crippen molar-refractivity contribution in [2.24, 2.45) is 5.41 Å². The molecule has 0 aliphatic carbocycles. The quantitative estimate of drug-likeness (QED) is 0.836. The van der Waals surface area contributed by atoms with E-state index in [0.29, 0.717) is 12.8 Å². The van der Waals surface area contributed by atoms with Crippen LogP contribution in [0.2, 0.25) is 0 Å². The molecule has 0 bridgehead atoms. The van der Waals surface area contributed by atoms with E-state index in [1.807, 2.05) is 23.1 Å². The second-order valence-corrected chi connectivity index (χ2v) is 7.69. The Hall–Kier alpha value is -1.95. The fraction of sp³-hybridized carbons (Fsp3) is 0.650. The molecule has 0 saturated carbocycles. The van der Waals surface area contributed by atoms with Crippen LogP contribution in [0.4, 0.5) is 0 Å². The SMILES string of the molecule is CNC(=O)CCN1CCCC2(CCC(=O)N(CCc3ccccn3)C2)C1. The number of hydrogen-bond donors (Lipinski definition) is 1. The summed E-state index contributed by atoms with van der Waals surface area (Å²) in [4.78, 5) is 32.8. The number of carbonyl (C=O) groups excluding carboxylic acids is 2. The summed E-state index contributed by atoms with van der Waals surface area (Å²) in [6.45, 7) is 4.45. The molecule has 1 unspecified atom stereocenters. The van der Waals surface area contributed by atoms with Gasteiger partial charge in [0.1, 0.15) is 0 Å². The smallest absolute Gasteiger partial charge is 0.222 e. The molecule has 6 nitrogen and oxygen atoms in total. The molecule has 2 saturated heterocycles. The van der Waals surface area contributed by atoms with Gasteiger partial charge in [-0.25, -0.2) is 0 Å². The van der Waals surface area contributed by atoms with Gasteiger partial charge in [-0.3, -0.25) is 14.6 Å². The Labute approximate surface area is 156 Å². The van der Waals surface area contributed by atoms with Gasteiger partial charge in [0.2, 0.25) is 11.8 Å². The number of nitrogens with zero attached hydrogens (tertiary/aromatic N) is 3. The van der Waals surface area contributed by atoms with Crippen molar-refractivity contribution in [2.75, 3.05) is 39.8 Å². The zero-order valence-corrected chi connectivity index (χ0v) is 15.7. The average molecular weight is 358 g/mol. The van der Waals surface area contributed by atoms with E-state index in [1.54, 1.807) is 13.2 Å². The maximum Gasteiger partial charge on any atom is 0.222 e. The lowest BCUT2D eigenvalue weighted by Crippen LogP contribution is -2.54. The molecule has 6 heteroatoms. The van der Waals surface area contributed by atoms with E-state index in [-0.39, 0.29) is 17.2 Å². The van der Waals surface area contributed by atoms with Crippen LogP contribution in [0.15, 0.2) is 24.4 Å². The van der Waals surface area contributed by atoms with Crippen molar-refractivity contribution in [3.8, 4) is 0 Å². The van der Waals surface area contributed by atoms with Crippen LogP contribution in [-0.2, 0) is 16.0 Å². The van der Waals surface area contributed by atoms with E-state index >= 15 is 0 Å². The molecule has 142 valence electrons. The number of rotatable bonds is 6. The van der Waals surface area contributed by atoms with Crippen LogP contribution in [0, 0.1) is 5.41 Å². The third-order valence-electron chi connectivity index (χ3n) is 5.79. The summed E-state index contributed by atoms with van der Waals surface area (Å²) in [5.41, 5.74) is 1.23. The van der Waals surface area contributed by atoms with Gasteiger partial charge in [0, 0.05) is 69.8 Å². The summed E-state index contributed by atoms with van der Waals surface area (Å²) in [6, 6.07) is 5.93. The normalized spacial score (nSPS) is 24.0. The summed E-state index contributed by atoms with van der Waals surface area (Å²) in [7, 11) is 1.69. The second kappa shape index (κ2) is 8.62. The van der Waals surface area contributed by atoms with Crippen molar-refractivity contribution in [1.82, 2.24) is 20.1 Å². The minimum Gasteiger partial charge on any atom is -0.359 e. The fourth-order valence-electron chi connectivity index (χ4n) is 4.32. The van der Waals surface area contributed by atoms with Crippen molar-refractivity contribution in [3.05, 3.63) is 30.1 Å². The average Bonchev–Trinajstić information content (AvgIpc) is 2.68. The Morgan fingerprint density at radius 1 is 1.27 bits per heavy atom. The predicted molar refractivity (Wildman–Crippen MR) is 101 cm³/mol. The zero-order valence-electron chi connectivity index (χ0n) is 15.7. The first-order valence-electron chi connectivity index (χ1n) is 9.71. The van der Waals surface area contributed by atoms with E-state index in [9.17, 15) is 9.59 Å². The van der Waals surface area contributed by atoms with E-state index in [2.05, 4.69) is 15.2 Å². The lowest BCUT2D eigenvalue weighted by Gasteiger charge is -2.48. The zero-order chi connectivity index (χ0) is 18.4. The van der Waals surface area contributed by atoms with Gasteiger partial charge in [-0.2, -0.15) is 0 Å². The van der Waals surface area contributed by atoms with Gasteiger partial charge < -0.3 is 15.1 Å². The summed E-state index contributed by atoms with van der Waals surface area (Å²) in [6.07, 6.45) is 7.11. The number of amides is 2. The van der Waals surface area contributed by atoms with Crippen molar-refractivity contribution >= 4 is 11.8 Å². The molecule has 3 heterocycles. The highest BCUT2D eigenvalue weighted by atomic mass is 16.2. The molecule has 0 radical (unpaired) electrons. The number of likely N-dealkylation sites (tertiary alicyclic amines) is 2. The Bertz CT molecular complexity index is 621. The summed E-state index contributed by atoms with van der Waals surface area (Å²) in [5.74, 6) is 0.370. The molecule has 1 aromatic heterocycles. The number of piperidine rings is 2. The molecular weight excluding hydrogens is 328 g/mol. The monoisotopic (exact) mass is 358 g/mol. The van der Waals surface area contributed by atoms with Crippen LogP contribution in [0.25, 0.3) is 0 Å². The van der Waals surface area contributed by atoms with Crippen LogP contribution < -0.4 is 5.32 Å². The number of aromatic nitrogens is 1. The van der Waals surface area contributed by atoms with E-state index < -0.39 is 0 Å². The highest BCUT2D eigenvalue weighted by Gasteiger charge is 2.41. The second-order valence-electron chi connectivity index (χ2n) is 7.69. The molecule has 2 aliphatic heterocycles. The Morgan fingerprint density at radius 3 is 2.92 bits per heavy atom. The lowest BCUT2D eigenvalue weighted by atomic mass is 9.73. The summed E-state index contributed by atoms with van der Waals surface area (Å²) < 4.78 is 0. The molecule has 0 aromatic carbocycles. The topological polar surface area (TPSA) is 65.5 Å². The number of nitrogens with one attached hydrogen (secondary N) is 1. The fourth-order valence-corrected chi connectivity index (χ4v) is 4.32. The molecule has 1 spiro atoms. The minimum absolute atomic E-state index is 0.0976. The first kappa shape index (κ1) is 18.8. The van der Waals surface area contributed by atoms with Gasteiger partial charge in [-0.05, 0) is 37.9 Å². The van der Waals surface area contributed by atoms with Crippen LogP contribution in [0.3, 0.4) is 0 Å². The molecular formula is C20H30N4O2. The predicted octanol–water partition coefficient (Wildman–Crippen LogP) is 1.46. The first-order valence-corrected chi connectivity index (χ1v) is 9.71. The van der Waals surface area contributed by atoms with Crippen molar-refractivity contribution in [3.63, 3.8) is 0 Å². The van der Waals surface area contributed by atoms with Gasteiger partial charge in [0.25, 0.3) is 0 Å². The van der Waals surface area contributed by atoms with Gasteiger partial charge >= 0.3 is 0 Å². The van der Waals surface area contributed by atoms with Crippen molar-refractivity contribution in [1.29, 1.82) is 0 Å². The van der Waals surface area contributed by atoms with Crippen LogP contribution in [-0.4, -0.2) is 66.4 Å². The molecule has 1 N–H and O–H groups in total. The Kier molecular flexibility index (Phi) is 6.25. The maximum atomic E-state index is 12.4. The Balaban J connectivity index is 1.57. The van der Waals surface area contributed by atoms with Gasteiger partial charge in [-0.1, -0.05) is 6.07 Å². The Morgan fingerprint density at radius 2 is 2.15 bits per heavy atom. The third kappa shape index (κ3) is 4.81.